The van der Waals surface area contributed by atoms with Gasteiger partial charge in [-0.05, 0) is 33.1 Å². The van der Waals surface area contributed by atoms with Gasteiger partial charge in [0.2, 0.25) is 5.95 Å². The fourth-order valence-corrected chi connectivity index (χ4v) is 2.98. The minimum absolute atomic E-state index is 0.00123. The number of aromatic nitrogens is 4. The molecule has 2 saturated carbocycles. The summed E-state index contributed by atoms with van der Waals surface area (Å²) in [6.07, 6.45) is 0.208. The van der Waals surface area contributed by atoms with Crippen molar-refractivity contribution in [3.8, 4) is 6.07 Å². The Balaban J connectivity index is 1.58. The standard InChI is InChI=1S/C17H18F3N7/c1-9-12(7-23-27(9)13-5-16(13,2)8-21)25-15-22-6-11(17(18,19)20)14(26-15)24-10-3-4-10/h6-7,10,13H,3-5H2,1-2H3,(H2,22,24,25,26). The van der Waals surface area contributed by atoms with Crippen LogP contribution in [-0.4, -0.2) is 25.8 Å². The van der Waals surface area contributed by atoms with E-state index in [1.54, 1.807) is 10.9 Å². The van der Waals surface area contributed by atoms with Crippen molar-refractivity contribution in [3.05, 3.63) is 23.7 Å². The average molecular weight is 377 g/mol. The fraction of sp³-hybridized carbons (Fsp3) is 0.529. The lowest BCUT2D eigenvalue weighted by atomic mass is 10.2. The molecule has 2 aliphatic rings. The molecule has 2 aromatic rings. The summed E-state index contributed by atoms with van der Waals surface area (Å²) in [7, 11) is 0. The summed E-state index contributed by atoms with van der Waals surface area (Å²) in [5.74, 6) is -0.153. The third-order valence-electron chi connectivity index (χ3n) is 5.05. The Morgan fingerprint density at radius 3 is 2.67 bits per heavy atom. The van der Waals surface area contributed by atoms with E-state index >= 15 is 0 Å². The summed E-state index contributed by atoms with van der Waals surface area (Å²) >= 11 is 0. The molecule has 0 bridgehead atoms. The van der Waals surface area contributed by atoms with Gasteiger partial charge in [0, 0.05) is 12.2 Å². The maximum atomic E-state index is 13.2. The molecule has 4 rings (SSSR count). The van der Waals surface area contributed by atoms with Gasteiger partial charge in [0.05, 0.1) is 35.1 Å². The van der Waals surface area contributed by atoms with Crippen LogP contribution in [0.2, 0.25) is 0 Å². The van der Waals surface area contributed by atoms with E-state index in [0.717, 1.165) is 31.2 Å². The molecule has 0 spiro atoms. The van der Waals surface area contributed by atoms with Crippen molar-refractivity contribution in [1.29, 1.82) is 5.26 Å². The third-order valence-corrected chi connectivity index (χ3v) is 5.05. The van der Waals surface area contributed by atoms with Crippen LogP contribution in [0.1, 0.15) is 43.5 Å². The number of hydrogen-bond donors (Lipinski definition) is 2. The maximum Gasteiger partial charge on any atom is 0.421 e. The van der Waals surface area contributed by atoms with Gasteiger partial charge in [0.1, 0.15) is 11.4 Å². The molecule has 10 heteroatoms. The van der Waals surface area contributed by atoms with Crippen LogP contribution in [0.3, 0.4) is 0 Å². The van der Waals surface area contributed by atoms with E-state index in [0.29, 0.717) is 5.69 Å². The topological polar surface area (TPSA) is 91.4 Å². The predicted octanol–water partition coefficient (Wildman–Crippen LogP) is 3.79. The first kappa shape index (κ1) is 17.6. The molecular formula is C17H18F3N7. The van der Waals surface area contributed by atoms with Gasteiger partial charge in [0.25, 0.3) is 0 Å². The summed E-state index contributed by atoms with van der Waals surface area (Å²) in [5, 5.41) is 19.3. The number of nitrogens with one attached hydrogen (secondary N) is 2. The number of anilines is 3. The Hall–Kier alpha value is -2.83. The lowest BCUT2D eigenvalue weighted by Crippen LogP contribution is -2.15. The molecule has 0 aliphatic heterocycles. The van der Waals surface area contributed by atoms with Crippen molar-refractivity contribution in [3.63, 3.8) is 0 Å². The zero-order valence-corrected chi connectivity index (χ0v) is 14.8. The van der Waals surface area contributed by atoms with E-state index in [-0.39, 0.29) is 23.8 Å². The van der Waals surface area contributed by atoms with E-state index in [2.05, 4.69) is 31.8 Å². The SMILES string of the molecule is Cc1c(Nc2ncc(C(F)(F)F)c(NC3CC3)n2)cnn1C1CC1(C)C#N. The van der Waals surface area contributed by atoms with Crippen LogP contribution in [0, 0.1) is 23.7 Å². The number of nitriles is 1. The maximum absolute atomic E-state index is 13.2. The highest BCUT2D eigenvalue weighted by atomic mass is 19.4. The second-order valence-corrected chi connectivity index (χ2v) is 7.33. The monoisotopic (exact) mass is 377 g/mol. The Kier molecular flexibility index (Phi) is 3.80. The van der Waals surface area contributed by atoms with Crippen molar-refractivity contribution in [2.75, 3.05) is 10.6 Å². The molecule has 7 nitrogen and oxygen atoms in total. The fourth-order valence-electron chi connectivity index (χ4n) is 2.98. The second-order valence-electron chi connectivity index (χ2n) is 7.33. The van der Waals surface area contributed by atoms with Crippen LogP contribution in [0.4, 0.5) is 30.6 Å². The van der Waals surface area contributed by atoms with Crippen molar-refractivity contribution in [2.45, 2.75) is 51.4 Å². The summed E-state index contributed by atoms with van der Waals surface area (Å²) in [5.41, 5.74) is 0.0638. The minimum Gasteiger partial charge on any atom is -0.367 e. The van der Waals surface area contributed by atoms with Crippen LogP contribution in [0.5, 0.6) is 0 Å². The first-order valence-corrected chi connectivity index (χ1v) is 8.64. The molecule has 142 valence electrons. The van der Waals surface area contributed by atoms with Crippen molar-refractivity contribution in [1.82, 2.24) is 19.7 Å². The van der Waals surface area contributed by atoms with Gasteiger partial charge in [-0.3, -0.25) is 4.68 Å². The lowest BCUT2D eigenvalue weighted by molar-refractivity contribution is -0.137. The molecule has 0 radical (unpaired) electrons. The molecule has 2 atom stereocenters. The Bertz CT molecular complexity index is 926. The van der Waals surface area contributed by atoms with Crippen molar-refractivity contribution < 1.29 is 13.2 Å². The van der Waals surface area contributed by atoms with Gasteiger partial charge in [-0.25, -0.2) is 4.98 Å². The zero-order valence-electron chi connectivity index (χ0n) is 14.8. The molecule has 0 amide bonds. The molecule has 2 N–H and O–H groups in total. The van der Waals surface area contributed by atoms with Gasteiger partial charge in [-0.1, -0.05) is 0 Å². The molecule has 2 unspecified atom stereocenters. The van der Waals surface area contributed by atoms with E-state index < -0.39 is 17.2 Å². The summed E-state index contributed by atoms with van der Waals surface area (Å²) in [6.45, 7) is 3.71. The predicted molar refractivity (Wildman–Crippen MR) is 91.3 cm³/mol. The molecule has 2 heterocycles. The Morgan fingerprint density at radius 1 is 1.33 bits per heavy atom. The third kappa shape index (κ3) is 3.29. The first-order valence-electron chi connectivity index (χ1n) is 8.64. The van der Waals surface area contributed by atoms with Gasteiger partial charge in [-0.2, -0.15) is 28.5 Å². The number of hydrogen-bond acceptors (Lipinski definition) is 6. The highest BCUT2D eigenvalue weighted by Gasteiger charge is 2.53. The average Bonchev–Trinajstić information content (AvgIpc) is 3.50. The molecular weight excluding hydrogens is 359 g/mol. The van der Waals surface area contributed by atoms with Crippen LogP contribution >= 0.6 is 0 Å². The Labute approximate surface area is 153 Å². The van der Waals surface area contributed by atoms with Gasteiger partial charge < -0.3 is 10.6 Å². The van der Waals surface area contributed by atoms with Crippen LogP contribution in [0.25, 0.3) is 0 Å². The van der Waals surface area contributed by atoms with E-state index in [9.17, 15) is 18.4 Å². The number of rotatable bonds is 5. The quantitative estimate of drug-likeness (QED) is 0.824. The summed E-state index contributed by atoms with van der Waals surface area (Å²) < 4.78 is 41.3. The van der Waals surface area contributed by atoms with Crippen LogP contribution < -0.4 is 10.6 Å². The smallest absolute Gasteiger partial charge is 0.367 e. The molecule has 0 saturated heterocycles. The molecule has 27 heavy (non-hydrogen) atoms. The normalized spacial score (nSPS) is 24.4. The van der Waals surface area contributed by atoms with E-state index in [1.807, 2.05) is 13.8 Å². The van der Waals surface area contributed by atoms with Crippen LogP contribution in [-0.2, 0) is 6.18 Å². The highest BCUT2D eigenvalue weighted by Crippen LogP contribution is 2.55. The van der Waals surface area contributed by atoms with Gasteiger partial charge >= 0.3 is 6.18 Å². The van der Waals surface area contributed by atoms with Crippen LogP contribution in [0.15, 0.2) is 12.4 Å². The number of alkyl halides is 3. The Morgan fingerprint density at radius 2 is 2.07 bits per heavy atom. The number of nitrogens with zero attached hydrogens (tertiary/aromatic N) is 5. The lowest BCUT2D eigenvalue weighted by Gasteiger charge is -2.14. The number of halogens is 3. The molecule has 2 aliphatic carbocycles. The first-order chi connectivity index (χ1) is 12.7. The van der Waals surface area contributed by atoms with Gasteiger partial charge in [0.15, 0.2) is 0 Å². The summed E-state index contributed by atoms with van der Waals surface area (Å²) in [6, 6.07) is 2.30. The zero-order chi connectivity index (χ0) is 19.4. The molecule has 2 fully saturated rings. The highest BCUT2D eigenvalue weighted by molar-refractivity contribution is 5.58. The molecule has 0 aromatic carbocycles. The minimum atomic E-state index is -4.52. The van der Waals surface area contributed by atoms with E-state index in [1.165, 1.54) is 0 Å². The van der Waals surface area contributed by atoms with Crippen molar-refractivity contribution in [2.24, 2.45) is 5.41 Å². The van der Waals surface area contributed by atoms with Gasteiger partial charge in [-0.15, -0.1) is 0 Å². The molecule has 2 aromatic heterocycles. The van der Waals surface area contributed by atoms with Crippen molar-refractivity contribution >= 4 is 17.5 Å². The second kappa shape index (κ2) is 5.84. The summed E-state index contributed by atoms with van der Waals surface area (Å²) in [4.78, 5) is 7.84. The largest absolute Gasteiger partial charge is 0.421 e. The van der Waals surface area contributed by atoms with E-state index in [4.69, 9.17) is 0 Å².